The summed E-state index contributed by atoms with van der Waals surface area (Å²) in [4.78, 5) is 0. The van der Waals surface area contributed by atoms with Gasteiger partial charge >= 0.3 is 6.92 Å². The Bertz CT molecular complexity index is 381. The van der Waals surface area contributed by atoms with Crippen LogP contribution < -0.4 is 16.7 Å². The lowest BCUT2D eigenvalue weighted by atomic mass is 9.56. The third kappa shape index (κ3) is 4.71. The molecule has 0 amide bonds. The van der Waals surface area contributed by atoms with E-state index in [0.29, 0.717) is 6.54 Å². The van der Waals surface area contributed by atoms with Crippen LogP contribution in [-0.4, -0.2) is 30.2 Å². The molecule has 2 aromatic rings. The first-order valence-corrected chi connectivity index (χ1v) is 5.88. The summed E-state index contributed by atoms with van der Waals surface area (Å²) in [7, 11) is 0. The van der Waals surface area contributed by atoms with Gasteiger partial charge in [-0.3, -0.25) is 0 Å². The second-order valence-electron chi connectivity index (χ2n) is 3.74. The third-order valence-electron chi connectivity index (χ3n) is 2.36. The van der Waals surface area contributed by atoms with E-state index in [1.165, 1.54) is 0 Å². The van der Waals surface area contributed by atoms with Crippen LogP contribution >= 0.6 is 0 Å². The van der Waals surface area contributed by atoms with Crippen molar-refractivity contribution < 1.29 is 10.1 Å². The van der Waals surface area contributed by atoms with Crippen LogP contribution in [0.3, 0.4) is 0 Å². The van der Waals surface area contributed by atoms with Crippen molar-refractivity contribution in [2.75, 3.05) is 13.2 Å². The number of hydrogen-bond donors (Lipinski definition) is 3. The molecule has 0 heterocycles. The molecule has 0 fully saturated rings. The fraction of sp³-hybridized carbons (Fsp3) is 0.143. The van der Waals surface area contributed by atoms with Crippen LogP contribution in [0.2, 0.25) is 0 Å². The van der Waals surface area contributed by atoms with E-state index in [1.807, 2.05) is 60.7 Å². The highest BCUT2D eigenvalue weighted by molar-refractivity contribution is 6.78. The first-order chi connectivity index (χ1) is 8.79. The van der Waals surface area contributed by atoms with Crippen molar-refractivity contribution in [1.82, 2.24) is 0 Å². The van der Waals surface area contributed by atoms with E-state index < -0.39 is 6.92 Å². The highest BCUT2D eigenvalue weighted by Gasteiger charge is 2.14. The molecule has 94 valence electrons. The van der Waals surface area contributed by atoms with Crippen LogP contribution in [0, 0.1) is 0 Å². The maximum atomic E-state index is 9.99. The predicted octanol–water partition coefficient (Wildman–Crippen LogP) is -0.278. The minimum absolute atomic E-state index is 0.0972. The predicted molar refractivity (Wildman–Crippen MR) is 76.3 cm³/mol. The van der Waals surface area contributed by atoms with Crippen molar-refractivity contribution >= 4 is 17.8 Å². The van der Waals surface area contributed by atoms with Crippen LogP contribution in [0.1, 0.15) is 0 Å². The number of benzene rings is 2. The monoisotopic (exact) mass is 243 g/mol. The molecule has 0 saturated carbocycles. The fourth-order valence-electron chi connectivity index (χ4n) is 1.46. The fourth-order valence-corrected chi connectivity index (χ4v) is 1.46. The van der Waals surface area contributed by atoms with Crippen molar-refractivity contribution in [2.24, 2.45) is 5.73 Å². The normalized spacial score (nSPS) is 9.28. The zero-order chi connectivity index (χ0) is 13.2. The number of nitrogens with two attached hydrogens (primary N) is 1. The Morgan fingerprint density at radius 2 is 1.17 bits per heavy atom. The summed E-state index contributed by atoms with van der Waals surface area (Å²) in [6.45, 7) is -0.0441. The molecule has 18 heavy (non-hydrogen) atoms. The van der Waals surface area contributed by atoms with Crippen LogP contribution in [-0.2, 0) is 0 Å². The lowest BCUT2D eigenvalue weighted by molar-refractivity contribution is 0.306. The van der Waals surface area contributed by atoms with Crippen molar-refractivity contribution in [3.05, 3.63) is 60.7 Å². The molecule has 0 aromatic heterocycles. The second-order valence-corrected chi connectivity index (χ2v) is 3.74. The van der Waals surface area contributed by atoms with Crippen molar-refractivity contribution in [1.29, 1.82) is 0 Å². The van der Waals surface area contributed by atoms with Crippen LogP contribution in [0.15, 0.2) is 60.7 Å². The summed E-state index contributed by atoms with van der Waals surface area (Å²) >= 11 is 0. The molecule has 3 nitrogen and oxygen atoms in total. The Morgan fingerprint density at radius 3 is 1.44 bits per heavy atom. The van der Waals surface area contributed by atoms with Gasteiger partial charge in [0.25, 0.3) is 0 Å². The van der Waals surface area contributed by atoms with Crippen molar-refractivity contribution in [3.8, 4) is 0 Å². The minimum atomic E-state index is -0.516. The third-order valence-corrected chi connectivity index (χ3v) is 2.36. The summed E-state index contributed by atoms with van der Waals surface area (Å²) in [5.41, 5.74) is 6.64. The summed E-state index contributed by atoms with van der Waals surface area (Å²) in [6.07, 6.45) is 0. The maximum absolute atomic E-state index is 9.99. The largest absolute Gasteiger partial charge is 0.443 e. The molecule has 0 aliphatic heterocycles. The summed E-state index contributed by atoms with van der Waals surface area (Å²) < 4.78 is 0. The first kappa shape index (κ1) is 14.4. The second kappa shape index (κ2) is 8.47. The van der Waals surface area contributed by atoms with Crippen molar-refractivity contribution in [3.63, 3.8) is 0 Å². The Hall–Kier alpha value is -1.62. The molecule has 2 aromatic carbocycles. The van der Waals surface area contributed by atoms with Gasteiger partial charge in [0, 0.05) is 6.54 Å². The minimum Gasteiger partial charge on any atom is -0.443 e. The highest BCUT2D eigenvalue weighted by atomic mass is 16.3. The molecule has 0 atom stereocenters. The molecule has 0 aliphatic carbocycles. The topological polar surface area (TPSA) is 66.5 Å². The van der Waals surface area contributed by atoms with Gasteiger partial charge in [0.1, 0.15) is 0 Å². The highest BCUT2D eigenvalue weighted by Crippen LogP contribution is 1.89. The van der Waals surface area contributed by atoms with Gasteiger partial charge in [-0.05, 0) is 10.9 Å². The molecule has 4 heteroatoms. The van der Waals surface area contributed by atoms with E-state index in [9.17, 15) is 5.02 Å². The van der Waals surface area contributed by atoms with E-state index >= 15 is 0 Å². The Kier molecular flexibility index (Phi) is 6.80. The molecule has 0 bridgehead atoms. The molecule has 2 rings (SSSR count). The Balaban J connectivity index is 0.000000357. The number of hydrogen-bond acceptors (Lipinski definition) is 3. The zero-order valence-electron chi connectivity index (χ0n) is 10.2. The quantitative estimate of drug-likeness (QED) is 0.650. The molecule has 0 unspecified atom stereocenters. The Morgan fingerprint density at radius 1 is 0.833 bits per heavy atom. The van der Waals surface area contributed by atoms with Gasteiger partial charge < -0.3 is 15.9 Å². The molecule has 0 aliphatic rings. The van der Waals surface area contributed by atoms with Crippen LogP contribution in [0.25, 0.3) is 0 Å². The van der Waals surface area contributed by atoms with Crippen LogP contribution in [0.5, 0.6) is 0 Å². The molecule has 4 N–H and O–H groups in total. The standard InChI is InChI=1S/C12H11BO.C2H7NO/c14-13(11-7-3-1-4-8-11)12-9-5-2-6-10-12;3-1-2-4/h1-10,14H;4H,1-3H2. The Labute approximate surface area is 108 Å². The SMILES string of the molecule is NCCO.OB(c1ccccc1)c1ccccc1. The molecule has 0 radical (unpaired) electrons. The maximum Gasteiger partial charge on any atom is 0.358 e. The van der Waals surface area contributed by atoms with Gasteiger partial charge in [0.2, 0.25) is 0 Å². The van der Waals surface area contributed by atoms with Crippen molar-refractivity contribution in [2.45, 2.75) is 0 Å². The van der Waals surface area contributed by atoms with E-state index in [1.54, 1.807) is 0 Å². The lowest BCUT2D eigenvalue weighted by Crippen LogP contribution is -2.41. The average Bonchev–Trinajstić information content (AvgIpc) is 2.48. The number of rotatable bonds is 3. The zero-order valence-corrected chi connectivity index (χ0v) is 10.2. The molecule has 0 spiro atoms. The lowest BCUT2D eigenvalue weighted by Gasteiger charge is -2.05. The summed E-state index contributed by atoms with van der Waals surface area (Å²) in [5.74, 6) is 0. The molecule has 0 saturated heterocycles. The van der Waals surface area contributed by atoms with E-state index in [2.05, 4.69) is 0 Å². The van der Waals surface area contributed by atoms with Gasteiger partial charge in [0.05, 0.1) is 6.61 Å². The van der Waals surface area contributed by atoms with Crippen LogP contribution in [0.4, 0.5) is 0 Å². The average molecular weight is 243 g/mol. The van der Waals surface area contributed by atoms with E-state index in [0.717, 1.165) is 10.9 Å². The smallest absolute Gasteiger partial charge is 0.358 e. The van der Waals surface area contributed by atoms with E-state index in [4.69, 9.17) is 10.8 Å². The molecular formula is C14H18BNO2. The number of aliphatic hydroxyl groups is 1. The summed E-state index contributed by atoms with van der Waals surface area (Å²) in [6, 6.07) is 19.3. The molecular weight excluding hydrogens is 225 g/mol. The summed E-state index contributed by atoms with van der Waals surface area (Å²) in [5, 5.41) is 17.7. The van der Waals surface area contributed by atoms with Gasteiger partial charge in [-0.15, -0.1) is 0 Å². The number of aliphatic hydroxyl groups excluding tert-OH is 1. The van der Waals surface area contributed by atoms with E-state index in [-0.39, 0.29) is 6.61 Å². The van der Waals surface area contributed by atoms with Gasteiger partial charge in [-0.2, -0.15) is 0 Å². The van der Waals surface area contributed by atoms with Gasteiger partial charge in [0.15, 0.2) is 0 Å². The first-order valence-electron chi connectivity index (χ1n) is 5.88. The van der Waals surface area contributed by atoms with Gasteiger partial charge in [-0.25, -0.2) is 0 Å². The van der Waals surface area contributed by atoms with Gasteiger partial charge in [-0.1, -0.05) is 60.7 Å².